The van der Waals surface area contributed by atoms with Crippen molar-refractivity contribution in [2.24, 2.45) is 0 Å². The Morgan fingerprint density at radius 3 is 2.21 bits per heavy atom. The normalized spacial score (nSPS) is 12.4. The number of aromatic nitrogens is 1. The van der Waals surface area contributed by atoms with Gasteiger partial charge < -0.3 is 4.74 Å². The van der Waals surface area contributed by atoms with Gasteiger partial charge in [-0.3, -0.25) is 4.98 Å². The molecule has 1 aromatic rings. The lowest BCUT2D eigenvalue weighted by molar-refractivity contribution is -0.165. The molecule has 1 aromatic heterocycles. The van der Waals surface area contributed by atoms with Crippen LogP contribution in [0.15, 0.2) is 12.3 Å². The first-order valence-electron chi connectivity index (χ1n) is 4.89. The molecule has 0 aliphatic rings. The number of carbonyl (C=O) groups excluding carboxylic acids is 1. The van der Waals surface area contributed by atoms with Crippen LogP contribution in [0.4, 0.5) is 26.3 Å². The summed E-state index contributed by atoms with van der Waals surface area (Å²) in [5.74, 6) is -1.48. The smallest absolute Gasteiger partial charge is 0.433 e. The number of hydrogen-bond donors (Lipinski definition) is 0. The maximum Gasteiger partial charge on any atom is 0.433 e. The molecule has 0 atom stereocenters. The van der Waals surface area contributed by atoms with Crippen molar-refractivity contribution < 1.29 is 35.9 Å². The minimum absolute atomic E-state index is 0.264. The summed E-state index contributed by atoms with van der Waals surface area (Å²) < 4.78 is 79.9. The molecule has 1 heterocycles. The Hall–Kier alpha value is -1.80. The van der Waals surface area contributed by atoms with E-state index in [1.807, 2.05) is 0 Å². The summed E-state index contributed by atoms with van der Waals surface area (Å²) in [5, 5.41) is 0. The van der Waals surface area contributed by atoms with Crippen LogP contribution in [-0.4, -0.2) is 17.6 Å². The van der Waals surface area contributed by atoms with Crippen LogP contribution in [0.1, 0.15) is 28.5 Å². The summed E-state index contributed by atoms with van der Waals surface area (Å²) in [5.41, 5.74) is -5.51. The Kier molecular flexibility index (Phi) is 4.06. The highest BCUT2D eigenvalue weighted by atomic mass is 19.4. The van der Waals surface area contributed by atoms with Crippen molar-refractivity contribution in [2.75, 3.05) is 6.61 Å². The predicted octanol–water partition coefficient (Wildman–Crippen LogP) is 3.30. The zero-order chi connectivity index (χ0) is 14.8. The number of esters is 1. The van der Waals surface area contributed by atoms with Gasteiger partial charge in [0.1, 0.15) is 5.56 Å². The first kappa shape index (κ1) is 15.3. The largest absolute Gasteiger partial charge is 0.462 e. The summed E-state index contributed by atoms with van der Waals surface area (Å²) in [6, 6.07) is 0.538. The number of alkyl halides is 6. The fourth-order valence-corrected chi connectivity index (χ4v) is 1.34. The molecule has 0 amide bonds. The second-order valence-corrected chi connectivity index (χ2v) is 3.30. The van der Waals surface area contributed by atoms with E-state index in [-0.39, 0.29) is 6.61 Å². The molecule has 1 rings (SSSR count). The van der Waals surface area contributed by atoms with Gasteiger partial charge in [-0.1, -0.05) is 0 Å². The summed E-state index contributed by atoms with van der Waals surface area (Å²) in [6.45, 7) is 1.05. The van der Waals surface area contributed by atoms with Crippen LogP contribution in [0.2, 0.25) is 0 Å². The highest BCUT2D eigenvalue weighted by Gasteiger charge is 2.47. The molecule has 0 spiro atoms. The van der Waals surface area contributed by atoms with Gasteiger partial charge in [-0.05, 0) is 13.0 Å². The van der Waals surface area contributed by atoms with E-state index in [1.54, 1.807) is 0 Å². The molecule has 106 valence electrons. The molecule has 3 nitrogen and oxygen atoms in total. The predicted molar refractivity (Wildman–Crippen MR) is 50.2 cm³/mol. The molecular formula is C10H7F6NO2. The topological polar surface area (TPSA) is 39.2 Å². The van der Waals surface area contributed by atoms with E-state index in [2.05, 4.69) is 9.72 Å². The van der Waals surface area contributed by atoms with Gasteiger partial charge in [0, 0.05) is 6.20 Å². The fourth-order valence-electron chi connectivity index (χ4n) is 1.34. The minimum atomic E-state index is -5.37. The average molecular weight is 287 g/mol. The summed E-state index contributed by atoms with van der Waals surface area (Å²) in [7, 11) is 0. The Bertz CT molecular complexity index is 480. The van der Waals surface area contributed by atoms with Crippen molar-refractivity contribution >= 4 is 5.97 Å². The number of ether oxygens (including phenoxy) is 1. The van der Waals surface area contributed by atoms with Gasteiger partial charge in [-0.15, -0.1) is 0 Å². The number of hydrogen-bond acceptors (Lipinski definition) is 3. The molecule has 0 aliphatic carbocycles. The van der Waals surface area contributed by atoms with E-state index in [0.717, 1.165) is 0 Å². The van der Waals surface area contributed by atoms with E-state index < -0.39 is 35.1 Å². The lowest BCUT2D eigenvalue weighted by Gasteiger charge is -2.17. The van der Waals surface area contributed by atoms with E-state index in [4.69, 9.17) is 0 Å². The van der Waals surface area contributed by atoms with Crippen molar-refractivity contribution in [3.8, 4) is 0 Å². The quantitative estimate of drug-likeness (QED) is 0.619. The third kappa shape index (κ3) is 3.36. The summed E-state index contributed by atoms with van der Waals surface area (Å²) in [4.78, 5) is 13.9. The van der Waals surface area contributed by atoms with Crippen LogP contribution in [-0.2, 0) is 17.1 Å². The van der Waals surface area contributed by atoms with Crippen LogP contribution in [0, 0.1) is 0 Å². The molecular weight excluding hydrogens is 280 g/mol. The lowest BCUT2D eigenvalue weighted by Crippen LogP contribution is -2.23. The van der Waals surface area contributed by atoms with Crippen LogP contribution in [0.25, 0.3) is 0 Å². The molecule has 19 heavy (non-hydrogen) atoms. The molecule has 0 fully saturated rings. The van der Waals surface area contributed by atoms with E-state index in [9.17, 15) is 31.1 Å². The monoisotopic (exact) mass is 287 g/mol. The second-order valence-electron chi connectivity index (χ2n) is 3.30. The van der Waals surface area contributed by atoms with Crippen LogP contribution in [0.5, 0.6) is 0 Å². The molecule has 9 heteroatoms. The maximum absolute atomic E-state index is 12.7. The van der Waals surface area contributed by atoms with Crippen molar-refractivity contribution in [2.45, 2.75) is 19.3 Å². The molecule has 0 unspecified atom stereocenters. The third-order valence-corrected chi connectivity index (χ3v) is 2.00. The molecule has 0 saturated heterocycles. The Morgan fingerprint density at radius 1 is 1.21 bits per heavy atom. The van der Waals surface area contributed by atoms with Crippen molar-refractivity contribution in [3.63, 3.8) is 0 Å². The van der Waals surface area contributed by atoms with Gasteiger partial charge in [-0.25, -0.2) is 4.79 Å². The van der Waals surface area contributed by atoms with Crippen molar-refractivity contribution in [3.05, 3.63) is 29.1 Å². The highest BCUT2D eigenvalue weighted by Crippen LogP contribution is 2.40. The van der Waals surface area contributed by atoms with Gasteiger partial charge >= 0.3 is 18.3 Å². The molecule has 0 aliphatic heterocycles. The number of nitrogens with zero attached hydrogens (tertiary/aromatic N) is 1. The van der Waals surface area contributed by atoms with E-state index in [0.29, 0.717) is 12.3 Å². The molecule has 0 bridgehead atoms. The zero-order valence-corrected chi connectivity index (χ0v) is 9.39. The Balaban J connectivity index is 3.53. The van der Waals surface area contributed by atoms with Gasteiger partial charge in [0.2, 0.25) is 0 Å². The van der Waals surface area contributed by atoms with Crippen LogP contribution < -0.4 is 0 Å². The Labute approximate surface area is 103 Å². The number of pyridine rings is 1. The van der Waals surface area contributed by atoms with E-state index in [1.165, 1.54) is 6.92 Å². The van der Waals surface area contributed by atoms with Crippen LogP contribution >= 0.6 is 0 Å². The number of rotatable bonds is 2. The average Bonchev–Trinajstić information content (AvgIpc) is 2.26. The first-order valence-corrected chi connectivity index (χ1v) is 4.89. The van der Waals surface area contributed by atoms with Gasteiger partial charge in [0.25, 0.3) is 0 Å². The summed E-state index contributed by atoms with van der Waals surface area (Å²) in [6.07, 6.45) is -10.2. The van der Waals surface area contributed by atoms with Gasteiger partial charge in [0.05, 0.1) is 12.2 Å². The summed E-state index contributed by atoms with van der Waals surface area (Å²) >= 11 is 0. The molecule has 0 N–H and O–H groups in total. The molecule has 0 saturated carbocycles. The third-order valence-electron chi connectivity index (χ3n) is 2.00. The lowest BCUT2D eigenvalue weighted by atomic mass is 10.1. The van der Waals surface area contributed by atoms with Crippen molar-refractivity contribution in [1.82, 2.24) is 4.98 Å². The number of halogens is 6. The maximum atomic E-state index is 12.7. The zero-order valence-electron chi connectivity index (χ0n) is 9.39. The van der Waals surface area contributed by atoms with Crippen molar-refractivity contribution in [1.29, 1.82) is 0 Å². The highest BCUT2D eigenvalue weighted by molar-refractivity contribution is 5.91. The second kappa shape index (κ2) is 5.06. The SMILES string of the molecule is CCOC(=O)c1ccnc(C(F)(F)F)c1C(F)(F)F. The first-order chi connectivity index (χ1) is 8.59. The van der Waals surface area contributed by atoms with Crippen LogP contribution in [0.3, 0.4) is 0 Å². The standard InChI is InChI=1S/C10H7F6NO2/c1-2-19-8(18)5-3-4-17-7(10(14,15)16)6(5)9(11,12)13/h3-4H,2H2,1H3. The Morgan fingerprint density at radius 2 is 1.79 bits per heavy atom. The number of carbonyl (C=O) groups is 1. The van der Waals surface area contributed by atoms with Gasteiger partial charge in [-0.2, -0.15) is 26.3 Å². The van der Waals surface area contributed by atoms with E-state index >= 15 is 0 Å². The minimum Gasteiger partial charge on any atom is -0.462 e. The molecule has 0 aromatic carbocycles. The fraction of sp³-hybridized carbons (Fsp3) is 0.400. The van der Waals surface area contributed by atoms with Gasteiger partial charge in [0.15, 0.2) is 5.69 Å². The molecule has 0 radical (unpaired) electrons.